The van der Waals surface area contributed by atoms with Gasteiger partial charge in [0.05, 0.1) is 22.6 Å². The average molecular weight is 757 g/mol. The summed E-state index contributed by atoms with van der Waals surface area (Å²) in [5.74, 6) is -0.572. The number of imide groups is 1. The number of aryl methyl sites for hydroxylation is 2. The van der Waals surface area contributed by atoms with E-state index >= 15 is 0 Å². The number of halogens is 3. The van der Waals surface area contributed by atoms with E-state index in [0.717, 1.165) is 97.3 Å². The molecule has 1 atom stereocenters. The number of benzene rings is 2. The molecule has 15 heteroatoms. The Kier molecular flexibility index (Phi) is 9.60. The van der Waals surface area contributed by atoms with E-state index < -0.39 is 29.7 Å². The van der Waals surface area contributed by atoms with Crippen molar-refractivity contribution in [2.24, 2.45) is 13.0 Å². The van der Waals surface area contributed by atoms with Crippen LogP contribution in [0.5, 0.6) is 0 Å². The maximum atomic E-state index is 13.4. The predicted octanol–water partition coefficient (Wildman–Crippen LogP) is 6.25. The van der Waals surface area contributed by atoms with Crippen molar-refractivity contribution in [1.82, 2.24) is 34.1 Å². The minimum Gasteiger partial charge on any atom is -0.320 e. The molecule has 55 heavy (non-hydrogen) atoms. The maximum absolute atomic E-state index is 13.4. The Morgan fingerprint density at radius 1 is 0.964 bits per heavy atom. The third kappa shape index (κ3) is 7.17. The topological polar surface area (TPSA) is 136 Å². The number of rotatable bonds is 7. The maximum Gasteiger partial charge on any atom is 0.433 e. The predicted molar refractivity (Wildman–Crippen MR) is 200 cm³/mol. The third-order valence-corrected chi connectivity index (χ3v) is 11.8. The number of fused-ring (bicyclic) bond motifs is 2. The lowest BCUT2D eigenvalue weighted by Crippen LogP contribution is -2.44. The molecule has 12 nitrogen and oxygen atoms in total. The first-order valence-electron chi connectivity index (χ1n) is 18.9. The average Bonchev–Trinajstić information content (AvgIpc) is 3.69. The second-order valence-corrected chi connectivity index (χ2v) is 15.3. The number of likely N-dealkylation sites (tertiary alicyclic amines) is 1. The fourth-order valence-electron chi connectivity index (χ4n) is 8.83. The number of pyridine rings is 1. The van der Waals surface area contributed by atoms with E-state index in [1.807, 2.05) is 42.1 Å². The lowest BCUT2D eigenvalue weighted by atomic mass is 9.84. The molecule has 2 aromatic carbocycles. The number of carbonyl (C=O) groups excluding carboxylic acids is 3. The molecule has 0 spiro atoms. The van der Waals surface area contributed by atoms with Crippen LogP contribution < -0.4 is 16.3 Å². The number of piperidine rings is 2. The summed E-state index contributed by atoms with van der Waals surface area (Å²) in [5.41, 5.74) is 3.10. The van der Waals surface area contributed by atoms with Crippen LogP contribution in [0.25, 0.3) is 21.9 Å². The lowest BCUT2D eigenvalue weighted by molar-refractivity contribution is -0.141. The summed E-state index contributed by atoms with van der Waals surface area (Å²) >= 11 is 0. The van der Waals surface area contributed by atoms with Gasteiger partial charge < -0.3 is 10.2 Å². The highest BCUT2D eigenvalue weighted by atomic mass is 19.4. The van der Waals surface area contributed by atoms with E-state index in [0.29, 0.717) is 23.9 Å². The molecular formula is C40H43F3N8O4. The van der Waals surface area contributed by atoms with Gasteiger partial charge in [0, 0.05) is 37.3 Å². The molecule has 2 N–H and O–H groups in total. The van der Waals surface area contributed by atoms with Crippen molar-refractivity contribution in [2.75, 3.05) is 25.0 Å². The summed E-state index contributed by atoms with van der Waals surface area (Å²) in [7, 11) is 1.76. The lowest BCUT2D eigenvalue weighted by Gasteiger charge is -2.37. The van der Waals surface area contributed by atoms with Gasteiger partial charge in [-0.25, -0.2) is 9.78 Å². The highest BCUT2D eigenvalue weighted by Crippen LogP contribution is 2.37. The second-order valence-electron chi connectivity index (χ2n) is 15.3. The number of para-hydroxylation sites is 1. The van der Waals surface area contributed by atoms with E-state index in [-0.39, 0.29) is 29.8 Å². The van der Waals surface area contributed by atoms with E-state index in [1.165, 1.54) is 12.1 Å². The zero-order valence-electron chi connectivity index (χ0n) is 30.7. The van der Waals surface area contributed by atoms with Gasteiger partial charge in [0.2, 0.25) is 11.8 Å². The second kappa shape index (κ2) is 14.4. The Bertz CT molecular complexity index is 2360. The monoisotopic (exact) mass is 756 g/mol. The number of nitrogens with one attached hydrogen (secondary N) is 2. The van der Waals surface area contributed by atoms with Gasteiger partial charge in [-0.05, 0) is 118 Å². The Labute approximate surface area is 314 Å². The standard InChI is InChI=1S/C40H43F3N8O4/c1-23-19-31-26(20-30(23)45-37(53)29-6-4-8-34(44-29)40(41,42)43)22-50(47-31)27-11-9-24(10-12-27)21-49-17-15-25(16-18-49)28-5-3-7-32-36(28)48(2)39(55)51(32)33-13-14-35(52)46-38(33)54/h3-8,19-20,22,24-25,27,33H,9-18,21H2,1-2H3,(H,45,53)(H,46,52,54)/t24-,27-,33?. The normalized spacial score (nSPS) is 21.7. The van der Waals surface area contributed by atoms with Crippen LogP contribution in [0.15, 0.2) is 59.5 Å². The summed E-state index contributed by atoms with van der Waals surface area (Å²) < 4.78 is 44.6. The van der Waals surface area contributed by atoms with Crippen LogP contribution in [-0.4, -0.2) is 66.2 Å². The number of anilines is 1. The highest BCUT2D eigenvalue weighted by Gasteiger charge is 2.34. The molecule has 3 amide bonds. The van der Waals surface area contributed by atoms with Crippen molar-refractivity contribution in [3.8, 4) is 0 Å². The van der Waals surface area contributed by atoms with E-state index in [2.05, 4.69) is 26.6 Å². The minimum absolute atomic E-state index is 0.208. The van der Waals surface area contributed by atoms with Gasteiger partial charge in [0.25, 0.3) is 5.91 Å². The molecule has 3 aliphatic rings. The van der Waals surface area contributed by atoms with Crippen molar-refractivity contribution in [2.45, 2.75) is 82.5 Å². The van der Waals surface area contributed by atoms with Gasteiger partial charge in [-0.3, -0.25) is 33.5 Å². The van der Waals surface area contributed by atoms with Gasteiger partial charge in [0.15, 0.2) is 0 Å². The quantitative estimate of drug-likeness (QED) is 0.188. The molecule has 1 unspecified atom stereocenters. The molecule has 0 radical (unpaired) electrons. The summed E-state index contributed by atoms with van der Waals surface area (Å²) in [6.45, 7) is 4.80. The van der Waals surface area contributed by atoms with Gasteiger partial charge in [0.1, 0.15) is 17.4 Å². The van der Waals surface area contributed by atoms with Crippen LogP contribution in [0, 0.1) is 12.8 Å². The molecule has 288 valence electrons. The third-order valence-electron chi connectivity index (χ3n) is 11.8. The van der Waals surface area contributed by atoms with Crippen LogP contribution in [0.4, 0.5) is 18.9 Å². The van der Waals surface area contributed by atoms with Crippen molar-refractivity contribution in [1.29, 1.82) is 0 Å². The molecule has 5 heterocycles. The first-order valence-corrected chi connectivity index (χ1v) is 18.9. The largest absolute Gasteiger partial charge is 0.433 e. The first-order chi connectivity index (χ1) is 26.3. The number of amides is 3. The van der Waals surface area contributed by atoms with Crippen LogP contribution >= 0.6 is 0 Å². The number of hydrogen-bond donors (Lipinski definition) is 2. The van der Waals surface area contributed by atoms with E-state index in [1.54, 1.807) is 16.2 Å². The van der Waals surface area contributed by atoms with Crippen molar-refractivity contribution >= 4 is 45.3 Å². The Morgan fingerprint density at radius 2 is 1.71 bits per heavy atom. The first kappa shape index (κ1) is 36.7. The van der Waals surface area contributed by atoms with Gasteiger partial charge in [-0.2, -0.15) is 18.3 Å². The smallest absolute Gasteiger partial charge is 0.320 e. The molecule has 2 saturated heterocycles. The zero-order chi connectivity index (χ0) is 38.6. The molecular weight excluding hydrogens is 713 g/mol. The van der Waals surface area contributed by atoms with Crippen LogP contribution in [0.3, 0.4) is 0 Å². The minimum atomic E-state index is -4.64. The molecule has 0 bridgehead atoms. The van der Waals surface area contributed by atoms with E-state index in [4.69, 9.17) is 5.10 Å². The molecule has 8 rings (SSSR count). The number of imidazole rings is 1. The fraction of sp³-hybridized carbons (Fsp3) is 0.450. The zero-order valence-corrected chi connectivity index (χ0v) is 30.7. The number of hydrogen-bond acceptors (Lipinski definition) is 7. The van der Waals surface area contributed by atoms with Gasteiger partial charge in [-0.15, -0.1) is 0 Å². The van der Waals surface area contributed by atoms with Crippen LogP contribution in [0.1, 0.15) is 96.7 Å². The molecule has 3 fully saturated rings. The van der Waals surface area contributed by atoms with Gasteiger partial charge >= 0.3 is 11.9 Å². The summed E-state index contributed by atoms with van der Waals surface area (Å²) in [4.78, 5) is 56.8. The molecule has 1 aliphatic carbocycles. The number of aromatic nitrogens is 5. The SMILES string of the molecule is Cc1cc2nn([C@H]3CC[C@H](CN4CCC(c5cccc6c5n(C)c(=O)n6C5CCC(=O)NC5=O)CC4)CC3)cc2cc1NC(=O)c1cccc(C(F)(F)F)n1. The summed E-state index contributed by atoms with van der Waals surface area (Å²) in [5, 5.41) is 10.8. The van der Waals surface area contributed by atoms with Crippen molar-refractivity contribution in [3.63, 3.8) is 0 Å². The van der Waals surface area contributed by atoms with Crippen LogP contribution in [-0.2, 0) is 22.8 Å². The number of carbonyl (C=O) groups is 3. The van der Waals surface area contributed by atoms with Crippen LogP contribution in [0.2, 0.25) is 0 Å². The highest BCUT2D eigenvalue weighted by molar-refractivity contribution is 6.04. The van der Waals surface area contributed by atoms with E-state index in [9.17, 15) is 32.3 Å². The molecule has 5 aromatic rings. The summed E-state index contributed by atoms with van der Waals surface area (Å²) in [6, 6.07) is 12.5. The molecule has 2 aliphatic heterocycles. The molecule has 1 saturated carbocycles. The molecule has 3 aromatic heterocycles. The Morgan fingerprint density at radius 3 is 2.44 bits per heavy atom. The number of alkyl halides is 3. The Hall–Kier alpha value is -5.31. The fourth-order valence-corrected chi connectivity index (χ4v) is 8.83. The summed E-state index contributed by atoms with van der Waals surface area (Å²) in [6.07, 6.45) is 3.98. The Balaban J connectivity index is 0.868. The number of nitrogens with zero attached hydrogens (tertiary/aromatic N) is 6. The van der Waals surface area contributed by atoms with Crippen molar-refractivity contribution in [3.05, 3.63) is 87.7 Å². The van der Waals surface area contributed by atoms with Gasteiger partial charge in [-0.1, -0.05) is 18.2 Å². The van der Waals surface area contributed by atoms with Crippen molar-refractivity contribution < 1.29 is 27.6 Å².